The first kappa shape index (κ1) is 18.0. The van der Waals surface area contributed by atoms with Crippen LogP contribution in [0.5, 0.6) is 0 Å². The standard InChI is InChI=1S/C22H23BFNO2/c1-21(2)22(3,4)27-23(26-21)19(24)14-17-16-12-8-9-13-18(16)25-20(17)15-10-6-5-7-11-15/h5-14,25H,1-4H3. The van der Waals surface area contributed by atoms with Crippen LogP contribution in [0.2, 0.25) is 0 Å². The van der Waals surface area contributed by atoms with Crippen LogP contribution in [0.3, 0.4) is 0 Å². The third kappa shape index (κ3) is 3.11. The summed E-state index contributed by atoms with van der Waals surface area (Å²) in [5.74, 6) is 0. The molecule has 1 saturated heterocycles. The normalized spacial score (nSPS) is 19.0. The topological polar surface area (TPSA) is 34.2 Å². The predicted octanol–water partition coefficient (Wildman–Crippen LogP) is 5.78. The van der Waals surface area contributed by atoms with E-state index in [9.17, 15) is 0 Å². The lowest BCUT2D eigenvalue weighted by Gasteiger charge is -2.32. The summed E-state index contributed by atoms with van der Waals surface area (Å²) in [6.07, 6.45) is 1.53. The van der Waals surface area contributed by atoms with Gasteiger partial charge in [-0.1, -0.05) is 48.5 Å². The fraction of sp³-hybridized carbons (Fsp3) is 0.273. The summed E-state index contributed by atoms with van der Waals surface area (Å²) in [6, 6.07) is 17.8. The third-order valence-electron chi connectivity index (χ3n) is 5.57. The number of halogens is 1. The molecule has 1 aliphatic heterocycles. The molecule has 0 atom stereocenters. The van der Waals surface area contributed by atoms with E-state index in [0.717, 1.165) is 27.7 Å². The molecule has 138 valence electrons. The maximum Gasteiger partial charge on any atom is 0.525 e. The van der Waals surface area contributed by atoms with Crippen LogP contribution in [0.4, 0.5) is 4.39 Å². The van der Waals surface area contributed by atoms with Crippen molar-refractivity contribution >= 4 is 24.1 Å². The summed E-state index contributed by atoms with van der Waals surface area (Å²) < 4.78 is 26.9. The molecular weight excluding hydrogens is 340 g/mol. The lowest BCUT2D eigenvalue weighted by molar-refractivity contribution is 0.00578. The van der Waals surface area contributed by atoms with Crippen LogP contribution in [0.1, 0.15) is 33.3 Å². The van der Waals surface area contributed by atoms with Crippen molar-refractivity contribution in [3.05, 3.63) is 65.9 Å². The van der Waals surface area contributed by atoms with E-state index >= 15 is 4.39 Å². The molecule has 0 saturated carbocycles. The zero-order chi connectivity index (χ0) is 19.2. The number of rotatable bonds is 3. The number of hydrogen-bond donors (Lipinski definition) is 1. The molecule has 0 aliphatic carbocycles. The lowest BCUT2D eigenvalue weighted by Crippen LogP contribution is -2.41. The zero-order valence-electron chi connectivity index (χ0n) is 16.0. The van der Waals surface area contributed by atoms with Gasteiger partial charge in [-0.25, -0.2) is 4.39 Å². The number of aromatic nitrogens is 1. The summed E-state index contributed by atoms with van der Waals surface area (Å²) in [7, 11) is -1.01. The monoisotopic (exact) mass is 363 g/mol. The molecule has 2 aromatic carbocycles. The summed E-state index contributed by atoms with van der Waals surface area (Å²) in [5, 5.41) is 0.961. The first-order valence-corrected chi connectivity index (χ1v) is 9.17. The molecule has 1 fully saturated rings. The Morgan fingerprint density at radius 3 is 2.19 bits per heavy atom. The minimum absolute atomic E-state index is 0.435. The van der Waals surface area contributed by atoms with Crippen LogP contribution < -0.4 is 0 Å². The Balaban J connectivity index is 1.81. The van der Waals surface area contributed by atoms with Gasteiger partial charge in [-0.15, -0.1) is 0 Å². The highest BCUT2D eigenvalue weighted by Crippen LogP contribution is 2.40. The Bertz CT molecular complexity index is 992. The molecule has 3 aromatic rings. The average molecular weight is 363 g/mol. The highest BCUT2D eigenvalue weighted by molar-refractivity contribution is 6.54. The number of benzene rings is 2. The number of para-hydroxylation sites is 1. The Morgan fingerprint density at radius 2 is 1.52 bits per heavy atom. The molecule has 2 heterocycles. The molecule has 0 radical (unpaired) electrons. The van der Waals surface area contributed by atoms with E-state index in [0.29, 0.717) is 0 Å². The fourth-order valence-electron chi connectivity index (χ4n) is 3.31. The van der Waals surface area contributed by atoms with Crippen molar-refractivity contribution < 1.29 is 13.7 Å². The summed E-state index contributed by atoms with van der Waals surface area (Å²) >= 11 is 0. The van der Waals surface area contributed by atoms with E-state index in [1.807, 2.05) is 82.3 Å². The van der Waals surface area contributed by atoms with Gasteiger partial charge in [-0.2, -0.15) is 0 Å². The van der Waals surface area contributed by atoms with Crippen LogP contribution in [0.15, 0.2) is 60.3 Å². The Labute approximate surface area is 159 Å². The summed E-state index contributed by atoms with van der Waals surface area (Å²) in [4.78, 5) is 3.42. The third-order valence-corrected chi connectivity index (χ3v) is 5.57. The van der Waals surface area contributed by atoms with Gasteiger partial charge < -0.3 is 14.3 Å². The smallest absolute Gasteiger partial charge is 0.398 e. The lowest BCUT2D eigenvalue weighted by atomic mass is 9.86. The second kappa shape index (κ2) is 6.36. The van der Waals surface area contributed by atoms with Gasteiger partial charge in [0.2, 0.25) is 0 Å². The Hall–Kier alpha value is -2.37. The highest BCUT2D eigenvalue weighted by atomic mass is 19.1. The second-order valence-electron chi connectivity index (χ2n) is 7.94. The predicted molar refractivity (Wildman–Crippen MR) is 109 cm³/mol. The van der Waals surface area contributed by atoms with E-state index in [2.05, 4.69) is 4.98 Å². The van der Waals surface area contributed by atoms with Crippen molar-refractivity contribution in [3.63, 3.8) is 0 Å². The molecule has 0 spiro atoms. The van der Waals surface area contributed by atoms with E-state index in [1.165, 1.54) is 6.08 Å². The first-order valence-electron chi connectivity index (χ1n) is 9.17. The van der Waals surface area contributed by atoms with Crippen molar-refractivity contribution in [1.82, 2.24) is 4.98 Å². The fourth-order valence-corrected chi connectivity index (χ4v) is 3.31. The summed E-state index contributed by atoms with van der Waals surface area (Å²) in [5.41, 5.74) is 2.05. The summed E-state index contributed by atoms with van der Waals surface area (Å²) in [6.45, 7) is 7.67. The Kier molecular flexibility index (Phi) is 4.24. The van der Waals surface area contributed by atoms with Crippen molar-refractivity contribution in [3.8, 4) is 11.3 Å². The Morgan fingerprint density at radius 1 is 0.926 bits per heavy atom. The highest BCUT2D eigenvalue weighted by Gasteiger charge is 2.53. The minimum atomic E-state index is -1.01. The molecule has 0 amide bonds. The van der Waals surface area contributed by atoms with Gasteiger partial charge in [0, 0.05) is 16.5 Å². The van der Waals surface area contributed by atoms with Crippen molar-refractivity contribution in [2.45, 2.75) is 38.9 Å². The number of hydrogen-bond acceptors (Lipinski definition) is 2. The number of nitrogens with one attached hydrogen (secondary N) is 1. The quantitative estimate of drug-likeness (QED) is 0.599. The maximum atomic E-state index is 15.2. The maximum absolute atomic E-state index is 15.2. The zero-order valence-corrected chi connectivity index (χ0v) is 16.0. The van der Waals surface area contributed by atoms with Crippen LogP contribution in [0, 0.1) is 0 Å². The van der Waals surface area contributed by atoms with Gasteiger partial charge >= 0.3 is 7.12 Å². The number of H-pyrrole nitrogens is 1. The largest absolute Gasteiger partial charge is 0.525 e. The molecule has 1 N–H and O–H groups in total. The molecule has 4 rings (SSSR count). The SMILES string of the molecule is CC1(C)OB(C(F)=Cc2c(-c3ccccc3)[nH]c3ccccc23)OC1(C)C. The molecular formula is C22H23BFNO2. The van der Waals surface area contributed by atoms with Gasteiger partial charge in [-0.05, 0) is 45.4 Å². The second-order valence-corrected chi connectivity index (χ2v) is 7.94. The van der Waals surface area contributed by atoms with Gasteiger partial charge in [0.15, 0.2) is 0 Å². The van der Waals surface area contributed by atoms with Gasteiger partial charge in [-0.3, -0.25) is 0 Å². The molecule has 5 heteroatoms. The van der Waals surface area contributed by atoms with Crippen molar-refractivity contribution in [2.75, 3.05) is 0 Å². The average Bonchev–Trinajstić information content (AvgIpc) is 3.10. The van der Waals surface area contributed by atoms with Crippen LogP contribution in [0.25, 0.3) is 28.2 Å². The van der Waals surface area contributed by atoms with Crippen LogP contribution in [-0.2, 0) is 9.31 Å². The van der Waals surface area contributed by atoms with Crippen LogP contribution >= 0.6 is 0 Å². The molecule has 3 nitrogen and oxygen atoms in total. The number of fused-ring (bicyclic) bond motifs is 1. The molecule has 27 heavy (non-hydrogen) atoms. The van der Waals surface area contributed by atoms with Gasteiger partial charge in [0.05, 0.1) is 16.9 Å². The van der Waals surface area contributed by atoms with E-state index in [-0.39, 0.29) is 0 Å². The minimum Gasteiger partial charge on any atom is -0.398 e. The van der Waals surface area contributed by atoms with Gasteiger partial charge in [0.1, 0.15) is 5.73 Å². The molecule has 0 bridgehead atoms. The van der Waals surface area contributed by atoms with Gasteiger partial charge in [0.25, 0.3) is 0 Å². The first-order chi connectivity index (χ1) is 12.8. The van der Waals surface area contributed by atoms with E-state index < -0.39 is 24.0 Å². The molecule has 0 unspecified atom stereocenters. The van der Waals surface area contributed by atoms with Crippen LogP contribution in [-0.4, -0.2) is 23.3 Å². The number of aromatic amines is 1. The van der Waals surface area contributed by atoms with Crippen molar-refractivity contribution in [2.24, 2.45) is 0 Å². The van der Waals surface area contributed by atoms with E-state index in [1.54, 1.807) is 0 Å². The van der Waals surface area contributed by atoms with E-state index in [4.69, 9.17) is 9.31 Å². The van der Waals surface area contributed by atoms with Crippen molar-refractivity contribution in [1.29, 1.82) is 0 Å². The molecule has 1 aromatic heterocycles. The molecule has 1 aliphatic rings.